The Morgan fingerprint density at radius 1 is 0.490 bits per heavy atom. The minimum absolute atomic E-state index is 0.164. The normalized spacial score (nSPS) is 11.7. The molecule has 9 rings (SSSR count). The Morgan fingerprint density at radius 3 is 1.33 bits per heavy atom. The molecule has 5 aromatic carbocycles. The molecule has 0 saturated heterocycles. The highest BCUT2D eigenvalue weighted by Gasteiger charge is 2.36. The highest BCUT2D eigenvalue weighted by atomic mass is 32.1. The Hall–Kier alpha value is -5.89. The monoisotopic (exact) mass is 672 g/mol. The minimum Gasteiger partial charge on any atom is -0.455 e. The number of carbonyl (C=O) groups excluding carboxylic acids is 1. The van der Waals surface area contributed by atoms with E-state index in [0.29, 0.717) is 68.9 Å². The van der Waals surface area contributed by atoms with E-state index in [0.717, 1.165) is 11.1 Å². The summed E-state index contributed by atoms with van der Waals surface area (Å²) in [6.07, 6.45) is 0. The summed E-state index contributed by atoms with van der Waals surface area (Å²) in [5.74, 6) is -1.15. The Labute approximate surface area is 286 Å². The number of hydrogen-bond donors (Lipinski definition) is 0. The second-order valence-corrected chi connectivity index (χ2v) is 13.9. The molecular formula is C42H24O5S2. The van der Waals surface area contributed by atoms with Gasteiger partial charge in [0.05, 0.1) is 37.2 Å². The van der Waals surface area contributed by atoms with Crippen LogP contribution in [0, 0.1) is 0 Å². The van der Waals surface area contributed by atoms with Crippen LogP contribution in [0.15, 0.2) is 158 Å². The van der Waals surface area contributed by atoms with Gasteiger partial charge in [-0.05, 0) is 35.4 Å². The standard InChI is InChI=1S/C42H24O5S2/c43-34(24-14-4-1-5-15-24)33(41-37-31(39(48-41)25-16-6-2-7-17-25)35(44)27-20-10-12-22-29(27)46-37)42-38-32(40(49-42)26-18-8-3-9-19-26)36(45)28-21-11-13-23-30(28)47-38/h1-23,33H. The van der Waals surface area contributed by atoms with E-state index in [9.17, 15) is 14.4 Å². The molecule has 0 unspecified atom stereocenters. The third kappa shape index (κ3) is 4.70. The van der Waals surface area contributed by atoms with Crippen LogP contribution in [0.1, 0.15) is 26.0 Å². The average Bonchev–Trinajstić information content (AvgIpc) is 3.73. The molecule has 234 valence electrons. The van der Waals surface area contributed by atoms with Crippen LogP contribution in [0.5, 0.6) is 0 Å². The summed E-state index contributed by atoms with van der Waals surface area (Å²) in [6.45, 7) is 0. The summed E-state index contributed by atoms with van der Waals surface area (Å²) in [6, 6.07) is 42.8. The molecule has 0 spiro atoms. The van der Waals surface area contributed by atoms with Crippen molar-refractivity contribution in [3.63, 3.8) is 0 Å². The first-order chi connectivity index (χ1) is 24.1. The average molecular weight is 673 g/mol. The van der Waals surface area contributed by atoms with Gasteiger partial charge in [-0.2, -0.15) is 0 Å². The van der Waals surface area contributed by atoms with Crippen molar-refractivity contribution < 1.29 is 13.6 Å². The second-order valence-electron chi connectivity index (χ2n) is 11.7. The van der Waals surface area contributed by atoms with E-state index >= 15 is 0 Å². The van der Waals surface area contributed by atoms with Gasteiger partial charge in [0.15, 0.2) is 16.9 Å². The van der Waals surface area contributed by atoms with Crippen molar-refractivity contribution >= 4 is 72.3 Å². The van der Waals surface area contributed by atoms with Crippen molar-refractivity contribution in [2.24, 2.45) is 0 Å². The summed E-state index contributed by atoms with van der Waals surface area (Å²) in [5, 5.41) is 1.78. The number of thiophene rings is 2. The predicted octanol–water partition coefficient (Wildman–Crippen LogP) is 10.7. The van der Waals surface area contributed by atoms with Crippen molar-refractivity contribution in [2.75, 3.05) is 0 Å². The van der Waals surface area contributed by atoms with Crippen LogP contribution >= 0.6 is 22.7 Å². The van der Waals surface area contributed by atoms with Gasteiger partial charge in [-0.3, -0.25) is 14.4 Å². The number of ketones is 1. The summed E-state index contributed by atoms with van der Waals surface area (Å²) in [4.78, 5) is 46.2. The molecule has 49 heavy (non-hydrogen) atoms. The van der Waals surface area contributed by atoms with Gasteiger partial charge in [0, 0.05) is 15.3 Å². The molecule has 0 atom stereocenters. The second kappa shape index (κ2) is 11.7. The van der Waals surface area contributed by atoms with Gasteiger partial charge >= 0.3 is 0 Å². The molecule has 0 bridgehead atoms. The molecule has 9 aromatic rings. The summed E-state index contributed by atoms with van der Waals surface area (Å²) < 4.78 is 13.2. The lowest BCUT2D eigenvalue weighted by atomic mass is 9.92. The van der Waals surface area contributed by atoms with Gasteiger partial charge < -0.3 is 8.83 Å². The van der Waals surface area contributed by atoms with E-state index in [4.69, 9.17) is 8.83 Å². The smallest absolute Gasteiger partial charge is 0.202 e. The molecule has 0 saturated carbocycles. The quantitative estimate of drug-likeness (QED) is 0.164. The van der Waals surface area contributed by atoms with Crippen LogP contribution in [-0.2, 0) is 0 Å². The van der Waals surface area contributed by atoms with Crippen LogP contribution < -0.4 is 10.9 Å². The Bertz CT molecular complexity index is 2660. The van der Waals surface area contributed by atoms with Gasteiger partial charge in [0.25, 0.3) is 0 Å². The number of para-hydroxylation sites is 2. The molecule has 0 N–H and O–H groups in total. The molecule has 0 amide bonds. The zero-order valence-electron chi connectivity index (χ0n) is 25.7. The van der Waals surface area contributed by atoms with Crippen LogP contribution in [0.4, 0.5) is 0 Å². The van der Waals surface area contributed by atoms with Crippen LogP contribution in [0.2, 0.25) is 0 Å². The Balaban J connectivity index is 1.44. The lowest BCUT2D eigenvalue weighted by Crippen LogP contribution is -2.13. The fourth-order valence-electron chi connectivity index (χ4n) is 6.55. The van der Waals surface area contributed by atoms with E-state index in [1.54, 1.807) is 36.4 Å². The Kier molecular flexibility index (Phi) is 6.97. The van der Waals surface area contributed by atoms with Gasteiger partial charge in [-0.1, -0.05) is 115 Å². The maximum atomic E-state index is 15.0. The van der Waals surface area contributed by atoms with E-state index in [-0.39, 0.29) is 16.6 Å². The molecule has 4 heterocycles. The van der Waals surface area contributed by atoms with Crippen molar-refractivity contribution in [3.8, 4) is 20.9 Å². The molecule has 0 fully saturated rings. The van der Waals surface area contributed by atoms with Crippen LogP contribution in [0.25, 0.3) is 64.8 Å². The predicted molar refractivity (Wildman–Crippen MR) is 199 cm³/mol. The molecule has 0 radical (unpaired) electrons. The fraction of sp³-hybridized carbons (Fsp3) is 0.0238. The topological polar surface area (TPSA) is 77.5 Å². The van der Waals surface area contributed by atoms with Gasteiger partial charge in [0.2, 0.25) is 10.9 Å². The number of hydrogen-bond acceptors (Lipinski definition) is 7. The van der Waals surface area contributed by atoms with Gasteiger partial charge in [-0.15, -0.1) is 22.7 Å². The zero-order valence-corrected chi connectivity index (χ0v) is 27.3. The molecule has 5 nitrogen and oxygen atoms in total. The fourth-order valence-corrected chi connectivity index (χ4v) is 9.31. The number of benzene rings is 5. The third-order valence-corrected chi connectivity index (χ3v) is 11.4. The number of rotatable bonds is 6. The van der Waals surface area contributed by atoms with E-state index in [1.165, 1.54) is 22.7 Å². The molecule has 0 aliphatic rings. The SMILES string of the molecule is O=C(c1ccccc1)C(c1sc(-c2ccccc2)c2c(=O)c3ccccc3oc12)c1sc(-c2ccccc2)c2c(=O)c3ccccc3oc12. The third-order valence-electron chi connectivity index (χ3n) is 8.84. The lowest BCUT2D eigenvalue weighted by molar-refractivity contribution is 0.0976. The minimum atomic E-state index is -0.953. The number of carbonyl (C=O) groups is 1. The first kappa shape index (κ1) is 29.3. The van der Waals surface area contributed by atoms with E-state index in [2.05, 4.69) is 0 Å². The first-order valence-corrected chi connectivity index (χ1v) is 17.4. The number of Topliss-reactive ketones (excluding diaryl/α,β-unsaturated/α-hetero) is 1. The molecule has 0 aliphatic heterocycles. The summed E-state index contributed by atoms with van der Waals surface area (Å²) >= 11 is 2.74. The van der Waals surface area contributed by atoms with E-state index < -0.39 is 5.92 Å². The van der Waals surface area contributed by atoms with Crippen molar-refractivity contribution in [3.05, 3.63) is 175 Å². The van der Waals surface area contributed by atoms with Crippen LogP contribution in [-0.4, -0.2) is 5.78 Å². The summed E-state index contributed by atoms with van der Waals surface area (Å²) in [5.41, 5.74) is 3.42. The molecule has 0 aliphatic carbocycles. The first-order valence-electron chi connectivity index (χ1n) is 15.7. The largest absolute Gasteiger partial charge is 0.455 e. The van der Waals surface area contributed by atoms with Crippen molar-refractivity contribution in [1.82, 2.24) is 0 Å². The van der Waals surface area contributed by atoms with Crippen LogP contribution in [0.3, 0.4) is 0 Å². The maximum Gasteiger partial charge on any atom is 0.202 e. The van der Waals surface area contributed by atoms with Crippen molar-refractivity contribution in [1.29, 1.82) is 0 Å². The van der Waals surface area contributed by atoms with Gasteiger partial charge in [0.1, 0.15) is 11.2 Å². The molecular weight excluding hydrogens is 649 g/mol. The molecule has 7 heteroatoms. The maximum absolute atomic E-state index is 15.0. The number of fused-ring (bicyclic) bond motifs is 4. The lowest BCUT2D eigenvalue weighted by Gasteiger charge is -2.14. The Morgan fingerprint density at radius 2 is 0.878 bits per heavy atom. The van der Waals surface area contributed by atoms with E-state index in [1.807, 2.05) is 103 Å². The van der Waals surface area contributed by atoms with Gasteiger partial charge in [-0.25, -0.2) is 0 Å². The highest BCUT2D eigenvalue weighted by Crippen LogP contribution is 2.50. The van der Waals surface area contributed by atoms with Crippen molar-refractivity contribution in [2.45, 2.75) is 5.92 Å². The highest BCUT2D eigenvalue weighted by molar-refractivity contribution is 7.19. The summed E-state index contributed by atoms with van der Waals surface area (Å²) in [7, 11) is 0. The zero-order chi connectivity index (χ0) is 33.1. The molecule has 4 aromatic heterocycles.